The van der Waals surface area contributed by atoms with Gasteiger partial charge in [0.05, 0.1) is 23.4 Å². The second-order valence-corrected chi connectivity index (χ2v) is 10.6. The lowest BCUT2D eigenvalue weighted by Gasteiger charge is -2.20. The summed E-state index contributed by atoms with van der Waals surface area (Å²) in [6.45, 7) is 6.03. The highest BCUT2D eigenvalue weighted by molar-refractivity contribution is 6.23. The first-order valence-electron chi connectivity index (χ1n) is 12.5. The number of esters is 1. The van der Waals surface area contributed by atoms with Gasteiger partial charge in [0, 0.05) is 18.7 Å². The second kappa shape index (κ2) is 8.15. The number of ether oxygens (including phenoxy) is 1. The van der Waals surface area contributed by atoms with Crippen LogP contribution in [0.15, 0.2) is 48.6 Å². The van der Waals surface area contributed by atoms with Crippen molar-refractivity contribution in [2.75, 3.05) is 16.3 Å². The van der Waals surface area contributed by atoms with Crippen molar-refractivity contribution in [2.24, 2.45) is 29.6 Å². The van der Waals surface area contributed by atoms with Crippen LogP contribution >= 0.6 is 0 Å². The molecule has 2 aromatic carbocycles. The molecule has 0 radical (unpaired) electrons. The summed E-state index contributed by atoms with van der Waals surface area (Å²) < 4.78 is 5.63. The van der Waals surface area contributed by atoms with E-state index in [4.69, 9.17) is 4.74 Å². The lowest BCUT2D eigenvalue weighted by molar-refractivity contribution is -0.139. The van der Waals surface area contributed by atoms with E-state index in [1.54, 1.807) is 30.0 Å². The molecule has 7 nitrogen and oxygen atoms in total. The number of anilines is 2. The molecule has 4 aliphatic rings. The fraction of sp³-hybridized carbons (Fsp3) is 0.379. The van der Waals surface area contributed by atoms with Crippen LogP contribution in [0, 0.1) is 50.4 Å². The number of rotatable bonds is 4. The minimum Gasteiger partial charge on any atom is -0.426 e. The summed E-state index contributed by atoms with van der Waals surface area (Å²) in [4.78, 5) is 54.8. The number of imide groups is 1. The van der Waals surface area contributed by atoms with E-state index in [1.165, 1.54) is 4.90 Å². The zero-order valence-corrected chi connectivity index (χ0v) is 20.6. The number of amides is 3. The Hall–Kier alpha value is -3.74. The van der Waals surface area contributed by atoms with Gasteiger partial charge in [-0.05, 0) is 86.1 Å². The van der Waals surface area contributed by atoms with Crippen LogP contribution in [0.2, 0.25) is 0 Å². The highest BCUT2D eigenvalue weighted by atomic mass is 16.5. The number of fused-ring (bicyclic) bond motifs is 5. The van der Waals surface area contributed by atoms with Gasteiger partial charge in [-0.3, -0.25) is 19.2 Å². The number of hydrogen-bond acceptors (Lipinski definition) is 5. The molecule has 2 saturated heterocycles. The summed E-state index contributed by atoms with van der Waals surface area (Å²) in [5, 5.41) is 0. The van der Waals surface area contributed by atoms with E-state index in [0.717, 1.165) is 23.2 Å². The SMILES string of the molecule is Cc1cc(C)cc(N2C[C@H](C(=O)Oc3ccc(N4C(=O)[C@@H]5[C@@H](C4=O)[C@H]4C=C[C@H]5C4)c(C)c3)CC2=O)c1. The third-order valence-electron chi connectivity index (χ3n) is 8.07. The molecule has 3 amide bonds. The van der Waals surface area contributed by atoms with Crippen LogP contribution in [-0.4, -0.2) is 30.2 Å². The molecule has 2 aliphatic heterocycles. The van der Waals surface area contributed by atoms with E-state index >= 15 is 0 Å². The molecular weight excluding hydrogens is 456 g/mol. The maximum absolute atomic E-state index is 13.1. The van der Waals surface area contributed by atoms with Gasteiger partial charge in [0.1, 0.15) is 5.75 Å². The van der Waals surface area contributed by atoms with Gasteiger partial charge >= 0.3 is 5.97 Å². The lowest BCUT2D eigenvalue weighted by Crippen LogP contribution is -2.33. The summed E-state index contributed by atoms with van der Waals surface area (Å²) in [6, 6.07) is 10.9. The van der Waals surface area contributed by atoms with E-state index in [9.17, 15) is 19.2 Å². The molecule has 2 heterocycles. The topological polar surface area (TPSA) is 84.0 Å². The molecular formula is C29H28N2O5. The third-order valence-corrected chi connectivity index (χ3v) is 8.07. The van der Waals surface area contributed by atoms with E-state index in [0.29, 0.717) is 17.0 Å². The average Bonchev–Trinajstić information content (AvgIpc) is 3.58. The zero-order valence-electron chi connectivity index (χ0n) is 20.6. The Morgan fingerprint density at radius 1 is 0.889 bits per heavy atom. The second-order valence-electron chi connectivity index (χ2n) is 10.6. The van der Waals surface area contributed by atoms with Crippen molar-refractivity contribution in [1.29, 1.82) is 0 Å². The standard InChI is InChI=1S/C29H28N2O5/c1-15-8-16(2)10-21(9-15)30-14-20(13-24(30)32)29(35)36-22-6-7-23(17(3)11-22)31-27(33)25-18-4-5-19(12-18)26(25)28(31)34/h4-11,18-20,25-26H,12-14H2,1-3H3/t18-,19-,20+,25-,26-/m0/s1. The number of aryl methyl sites for hydroxylation is 3. The summed E-state index contributed by atoms with van der Waals surface area (Å²) in [6.07, 6.45) is 5.13. The third kappa shape index (κ3) is 3.48. The first kappa shape index (κ1) is 22.7. The van der Waals surface area contributed by atoms with Gasteiger partial charge in [-0.15, -0.1) is 0 Å². The van der Waals surface area contributed by atoms with Crippen molar-refractivity contribution in [1.82, 2.24) is 0 Å². The lowest BCUT2D eigenvalue weighted by atomic mass is 9.85. The number of hydrogen-bond donors (Lipinski definition) is 0. The zero-order chi connectivity index (χ0) is 25.3. The Kier molecular flexibility index (Phi) is 5.14. The average molecular weight is 485 g/mol. The molecule has 2 aromatic rings. The first-order valence-corrected chi connectivity index (χ1v) is 12.5. The number of carbonyl (C=O) groups excluding carboxylic acids is 4. The summed E-state index contributed by atoms with van der Waals surface area (Å²) >= 11 is 0. The molecule has 36 heavy (non-hydrogen) atoms. The Balaban J connectivity index is 1.16. The van der Waals surface area contributed by atoms with Gasteiger partial charge in [0.2, 0.25) is 17.7 Å². The van der Waals surface area contributed by atoms with Gasteiger partial charge in [-0.1, -0.05) is 18.2 Å². The monoisotopic (exact) mass is 484 g/mol. The van der Waals surface area contributed by atoms with Gasteiger partial charge in [-0.25, -0.2) is 4.90 Å². The Morgan fingerprint density at radius 3 is 2.14 bits per heavy atom. The van der Waals surface area contributed by atoms with Crippen LogP contribution in [-0.2, 0) is 19.2 Å². The molecule has 0 aromatic heterocycles. The fourth-order valence-corrected chi connectivity index (χ4v) is 6.50. The molecule has 5 atom stereocenters. The smallest absolute Gasteiger partial charge is 0.316 e. The van der Waals surface area contributed by atoms with Crippen LogP contribution in [0.25, 0.3) is 0 Å². The molecule has 1 saturated carbocycles. The van der Waals surface area contributed by atoms with Gasteiger partial charge < -0.3 is 9.64 Å². The van der Waals surface area contributed by atoms with Crippen LogP contribution in [0.1, 0.15) is 29.5 Å². The molecule has 3 fully saturated rings. The van der Waals surface area contributed by atoms with E-state index in [-0.39, 0.29) is 54.4 Å². The van der Waals surface area contributed by atoms with Crippen molar-refractivity contribution in [2.45, 2.75) is 33.6 Å². The fourth-order valence-electron chi connectivity index (χ4n) is 6.50. The van der Waals surface area contributed by atoms with Crippen molar-refractivity contribution in [3.63, 3.8) is 0 Å². The molecule has 2 aliphatic carbocycles. The number of allylic oxidation sites excluding steroid dienone is 2. The molecule has 7 heteroatoms. The quantitative estimate of drug-likeness (QED) is 0.285. The molecule has 0 unspecified atom stereocenters. The van der Waals surface area contributed by atoms with Crippen LogP contribution < -0.4 is 14.5 Å². The Bertz CT molecular complexity index is 1310. The normalized spacial score (nSPS) is 28.4. The van der Waals surface area contributed by atoms with Crippen LogP contribution in [0.4, 0.5) is 11.4 Å². The largest absolute Gasteiger partial charge is 0.426 e. The molecule has 6 rings (SSSR count). The predicted molar refractivity (Wildman–Crippen MR) is 133 cm³/mol. The maximum Gasteiger partial charge on any atom is 0.316 e. The van der Waals surface area contributed by atoms with Gasteiger partial charge in [0.25, 0.3) is 0 Å². The van der Waals surface area contributed by atoms with Gasteiger partial charge in [-0.2, -0.15) is 0 Å². The van der Waals surface area contributed by atoms with E-state index < -0.39 is 11.9 Å². The van der Waals surface area contributed by atoms with Crippen molar-refractivity contribution >= 4 is 35.1 Å². The summed E-state index contributed by atoms with van der Waals surface area (Å²) in [7, 11) is 0. The Labute approximate surface area is 209 Å². The number of benzene rings is 2. The minimum absolute atomic E-state index is 0.0960. The predicted octanol–water partition coefficient (Wildman–Crippen LogP) is 3.88. The molecule has 2 bridgehead atoms. The first-order chi connectivity index (χ1) is 17.2. The van der Waals surface area contributed by atoms with E-state index in [1.807, 2.05) is 32.0 Å². The number of nitrogens with zero attached hydrogens (tertiary/aromatic N) is 2. The summed E-state index contributed by atoms with van der Waals surface area (Å²) in [5.41, 5.74) is 4.13. The maximum atomic E-state index is 13.1. The highest BCUT2D eigenvalue weighted by Gasteiger charge is 2.59. The van der Waals surface area contributed by atoms with Crippen molar-refractivity contribution in [3.8, 4) is 5.75 Å². The van der Waals surface area contributed by atoms with Crippen LogP contribution in [0.3, 0.4) is 0 Å². The van der Waals surface area contributed by atoms with Crippen molar-refractivity contribution < 1.29 is 23.9 Å². The molecule has 0 spiro atoms. The van der Waals surface area contributed by atoms with Crippen LogP contribution in [0.5, 0.6) is 5.75 Å². The summed E-state index contributed by atoms with van der Waals surface area (Å²) in [5.74, 6) is -1.28. The Morgan fingerprint density at radius 2 is 1.53 bits per heavy atom. The minimum atomic E-state index is -0.567. The molecule has 0 N–H and O–H groups in total. The van der Waals surface area contributed by atoms with E-state index in [2.05, 4.69) is 12.2 Å². The van der Waals surface area contributed by atoms with Crippen molar-refractivity contribution in [3.05, 3.63) is 65.2 Å². The highest BCUT2D eigenvalue weighted by Crippen LogP contribution is 2.53. The number of carbonyl (C=O) groups is 4. The van der Waals surface area contributed by atoms with Gasteiger partial charge in [0.15, 0.2) is 0 Å². The molecule has 184 valence electrons.